The third kappa shape index (κ3) is 1.59. The van der Waals surface area contributed by atoms with Crippen LogP contribution in [-0.2, 0) is 5.88 Å². The highest BCUT2D eigenvalue weighted by Crippen LogP contribution is 2.22. The molecule has 64 valence electrons. The van der Waals surface area contributed by atoms with E-state index in [4.69, 9.17) is 11.6 Å². The van der Waals surface area contributed by atoms with Gasteiger partial charge in [-0.3, -0.25) is 4.79 Å². The van der Waals surface area contributed by atoms with Gasteiger partial charge < -0.3 is 5.11 Å². The number of alkyl halides is 1. The van der Waals surface area contributed by atoms with Crippen molar-refractivity contribution >= 4 is 17.9 Å². The molecule has 1 N–H and O–H groups in total. The Bertz CT molecular complexity index is 308. The smallest absolute Gasteiger partial charge is 0.153 e. The first kappa shape index (κ1) is 9.07. The Hall–Kier alpha value is -1.02. The fraction of sp³-hybridized carbons (Fsp3) is 0.222. The summed E-state index contributed by atoms with van der Waals surface area (Å²) in [5, 5.41) is 9.34. The summed E-state index contributed by atoms with van der Waals surface area (Å²) in [7, 11) is 0. The summed E-state index contributed by atoms with van der Waals surface area (Å²) in [4.78, 5) is 10.4. The summed E-state index contributed by atoms with van der Waals surface area (Å²) in [6, 6.07) is 3.34. The van der Waals surface area contributed by atoms with Crippen LogP contribution in [0.5, 0.6) is 5.75 Å². The monoisotopic (exact) mass is 184 g/mol. The topological polar surface area (TPSA) is 37.3 Å². The molecular weight excluding hydrogens is 176 g/mol. The van der Waals surface area contributed by atoms with Gasteiger partial charge in [-0.2, -0.15) is 0 Å². The third-order valence-corrected chi connectivity index (χ3v) is 1.98. The van der Waals surface area contributed by atoms with Crippen molar-refractivity contribution in [1.29, 1.82) is 0 Å². The van der Waals surface area contributed by atoms with Crippen molar-refractivity contribution in [3.63, 3.8) is 0 Å². The predicted molar refractivity (Wildman–Crippen MR) is 47.8 cm³/mol. The van der Waals surface area contributed by atoms with Gasteiger partial charge in [-0.1, -0.05) is 6.07 Å². The van der Waals surface area contributed by atoms with Crippen LogP contribution in [0, 0.1) is 6.92 Å². The van der Waals surface area contributed by atoms with E-state index in [0.717, 1.165) is 5.56 Å². The maximum absolute atomic E-state index is 10.4. The fourth-order valence-corrected chi connectivity index (χ4v) is 1.21. The minimum Gasteiger partial charge on any atom is -0.507 e. The molecule has 0 saturated heterocycles. The molecule has 1 aromatic carbocycles. The Morgan fingerprint density at radius 3 is 2.75 bits per heavy atom. The van der Waals surface area contributed by atoms with Crippen molar-refractivity contribution in [2.24, 2.45) is 0 Å². The Labute approximate surface area is 75.8 Å². The molecule has 1 aromatic rings. The van der Waals surface area contributed by atoms with E-state index in [9.17, 15) is 9.90 Å². The van der Waals surface area contributed by atoms with Crippen LogP contribution in [0.4, 0.5) is 0 Å². The molecule has 0 fully saturated rings. The molecule has 0 saturated carbocycles. The van der Waals surface area contributed by atoms with Crippen molar-refractivity contribution in [3.05, 3.63) is 28.8 Å². The van der Waals surface area contributed by atoms with Gasteiger partial charge in [0.25, 0.3) is 0 Å². The van der Waals surface area contributed by atoms with E-state index in [0.29, 0.717) is 23.3 Å². The summed E-state index contributed by atoms with van der Waals surface area (Å²) < 4.78 is 0. The van der Waals surface area contributed by atoms with Gasteiger partial charge in [0, 0.05) is 5.88 Å². The van der Waals surface area contributed by atoms with Crippen LogP contribution in [0.1, 0.15) is 21.5 Å². The van der Waals surface area contributed by atoms with Crippen molar-refractivity contribution in [3.8, 4) is 5.75 Å². The zero-order valence-corrected chi connectivity index (χ0v) is 7.43. The summed E-state index contributed by atoms with van der Waals surface area (Å²) >= 11 is 5.58. The summed E-state index contributed by atoms with van der Waals surface area (Å²) in [5.74, 6) is 0.390. The van der Waals surface area contributed by atoms with Crippen LogP contribution in [-0.4, -0.2) is 11.4 Å². The number of aromatic hydroxyl groups is 1. The molecule has 1 rings (SSSR count). The molecule has 0 atom stereocenters. The van der Waals surface area contributed by atoms with Crippen LogP contribution >= 0.6 is 11.6 Å². The van der Waals surface area contributed by atoms with Crippen LogP contribution in [0.25, 0.3) is 0 Å². The standard InChI is InChI=1S/C9H9ClO2/c1-6-2-7(4-10)3-8(5-11)9(6)12/h2-3,5,12H,4H2,1H3. The lowest BCUT2D eigenvalue weighted by molar-refractivity contribution is 0.112. The SMILES string of the molecule is Cc1cc(CCl)cc(C=O)c1O. The Morgan fingerprint density at radius 1 is 1.58 bits per heavy atom. The number of hydrogen-bond acceptors (Lipinski definition) is 2. The highest BCUT2D eigenvalue weighted by molar-refractivity contribution is 6.17. The molecule has 0 spiro atoms. The lowest BCUT2D eigenvalue weighted by Crippen LogP contribution is -1.88. The van der Waals surface area contributed by atoms with Gasteiger partial charge in [-0.15, -0.1) is 11.6 Å². The van der Waals surface area contributed by atoms with E-state index in [2.05, 4.69) is 0 Å². The second-order valence-corrected chi connectivity index (χ2v) is 2.87. The molecule has 0 amide bonds. The van der Waals surface area contributed by atoms with Gasteiger partial charge in [-0.25, -0.2) is 0 Å². The number of halogens is 1. The summed E-state index contributed by atoms with van der Waals surface area (Å²) in [6.45, 7) is 1.73. The highest BCUT2D eigenvalue weighted by atomic mass is 35.5. The first-order chi connectivity index (χ1) is 5.69. The molecule has 12 heavy (non-hydrogen) atoms. The highest BCUT2D eigenvalue weighted by Gasteiger charge is 2.04. The van der Waals surface area contributed by atoms with Gasteiger partial charge in [0.15, 0.2) is 6.29 Å². The average Bonchev–Trinajstić information content (AvgIpc) is 2.09. The van der Waals surface area contributed by atoms with Gasteiger partial charge >= 0.3 is 0 Å². The third-order valence-electron chi connectivity index (χ3n) is 1.67. The number of carbonyl (C=O) groups excluding carboxylic acids is 1. The zero-order valence-electron chi connectivity index (χ0n) is 6.67. The van der Waals surface area contributed by atoms with E-state index in [1.54, 1.807) is 19.1 Å². The van der Waals surface area contributed by atoms with Gasteiger partial charge in [0.05, 0.1) is 5.56 Å². The fourth-order valence-electron chi connectivity index (χ4n) is 1.05. The molecule has 0 aliphatic heterocycles. The lowest BCUT2D eigenvalue weighted by Gasteiger charge is -2.03. The Morgan fingerprint density at radius 2 is 2.25 bits per heavy atom. The minimum absolute atomic E-state index is 0.0406. The molecule has 0 aliphatic rings. The molecule has 3 heteroatoms. The number of phenols is 1. The quantitative estimate of drug-likeness (QED) is 0.566. The van der Waals surface area contributed by atoms with Crippen LogP contribution < -0.4 is 0 Å². The largest absolute Gasteiger partial charge is 0.507 e. The number of aldehydes is 1. The molecule has 0 unspecified atom stereocenters. The first-order valence-electron chi connectivity index (χ1n) is 3.52. The van der Waals surface area contributed by atoms with Crippen LogP contribution in [0.2, 0.25) is 0 Å². The number of aryl methyl sites for hydroxylation is 1. The van der Waals surface area contributed by atoms with Gasteiger partial charge in [0.2, 0.25) is 0 Å². The average molecular weight is 185 g/mol. The van der Waals surface area contributed by atoms with E-state index in [-0.39, 0.29) is 5.75 Å². The van der Waals surface area contributed by atoms with E-state index < -0.39 is 0 Å². The summed E-state index contributed by atoms with van der Waals surface area (Å²) in [5.41, 5.74) is 1.81. The first-order valence-corrected chi connectivity index (χ1v) is 4.06. The minimum atomic E-state index is 0.0406. The zero-order chi connectivity index (χ0) is 9.14. The van der Waals surface area contributed by atoms with Crippen molar-refractivity contribution in [2.45, 2.75) is 12.8 Å². The van der Waals surface area contributed by atoms with Crippen LogP contribution in [0.3, 0.4) is 0 Å². The summed E-state index contributed by atoms with van der Waals surface area (Å²) in [6.07, 6.45) is 0.623. The van der Waals surface area contributed by atoms with E-state index >= 15 is 0 Å². The number of hydrogen-bond donors (Lipinski definition) is 1. The van der Waals surface area contributed by atoms with Gasteiger partial charge in [-0.05, 0) is 24.1 Å². The maximum Gasteiger partial charge on any atom is 0.153 e. The molecular formula is C9H9ClO2. The molecule has 0 aliphatic carbocycles. The predicted octanol–water partition coefficient (Wildman–Crippen LogP) is 2.25. The number of phenolic OH excluding ortho intramolecular Hbond substituents is 1. The number of carbonyl (C=O) groups is 1. The second-order valence-electron chi connectivity index (χ2n) is 2.60. The van der Waals surface area contributed by atoms with E-state index in [1.807, 2.05) is 0 Å². The maximum atomic E-state index is 10.4. The molecule has 0 aromatic heterocycles. The van der Waals surface area contributed by atoms with Gasteiger partial charge in [0.1, 0.15) is 5.75 Å². The van der Waals surface area contributed by atoms with Crippen molar-refractivity contribution in [2.75, 3.05) is 0 Å². The lowest BCUT2D eigenvalue weighted by atomic mass is 10.1. The van der Waals surface area contributed by atoms with Crippen molar-refractivity contribution < 1.29 is 9.90 Å². The Kier molecular flexibility index (Phi) is 2.71. The van der Waals surface area contributed by atoms with Crippen LogP contribution in [0.15, 0.2) is 12.1 Å². The normalized spacial score (nSPS) is 9.83. The molecule has 0 radical (unpaired) electrons. The molecule has 2 nitrogen and oxygen atoms in total. The molecule has 0 heterocycles. The van der Waals surface area contributed by atoms with E-state index in [1.165, 1.54) is 0 Å². The Balaban J connectivity index is 3.28. The molecule has 0 bridgehead atoms. The van der Waals surface area contributed by atoms with Crippen molar-refractivity contribution in [1.82, 2.24) is 0 Å². The number of rotatable bonds is 2. The second kappa shape index (κ2) is 3.59. The number of benzene rings is 1.